The average molecular weight is 292 g/mol. The van der Waals surface area contributed by atoms with Gasteiger partial charge in [0.05, 0.1) is 0 Å². The van der Waals surface area contributed by atoms with Crippen LogP contribution in [0.15, 0.2) is 45.6 Å². The third-order valence-corrected chi connectivity index (χ3v) is 2.81. The monoisotopic (exact) mass is 292 g/mol. The van der Waals surface area contributed by atoms with E-state index in [1.165, 1.54) is 6.07 Å². The van der Waals surface area contributed by atoms with Crippen molar-refractivity contribution in [2.24, 2.45) is 11.5 Å². The molecule has 0 aliphatic heterocycles. The van der Waals surface area contributed by atoms with Crippen LogP contribution in [0.25, 0.3) is 11.0 Å². The lowest BCUT2D eigenvalue weighted by atomic mass is 10.1. The molecule has 1 heterocycles. The van der Waals surface area contributed by atoms with Crippen molar-refractivity contribution in [3.05, 3.63) is 46.8 Å². The minimum Gasteiger partial charge on any atom is -0.480 e. The summed E-state index contributed by atoms with van der Waals surface area (Å²) in [5, 5.41) is 9.28. The molecule has 0 aliphatic rings. The summed E-state index contributed by atoms with van der Waals surface area (Å²) in [4.78, 5) is 20.9. The van der Waals surface area contributed by atoms with Gasteiger partial charge in [0.2, 0.25) is 0 Å². The van der Waals surface area contributed by atoms with Gasteiger partial charge in [0, 0.05) is 11.5 Å². The molecule has 0 bridgehead atoms. The van der Waals surface area contributed by atoms with E-state index < -0.39 is 12.0 Å². The molecule has 0 amide bonds. The van der Waals surface area contributed by atoms with E-state index in [1.54, 1.807) is 12.1 Å². The van der Waals surface area contributed by atoms with Gasteiger partial charge >= 0.3 is 11.6 Å². The number of carboxylic acids is 1. The summed E-state index contributed by atoms with van der Waals surface area (Å²) in [6.07, 6.45) is 2.16. The average Bonchev–Trinajstić information content (AvgIpc) is 2.47. The SMILES string of the molecule is NCCCC[C@H](N)C(=O)O.O=c1ccc2ccccc2o1. The van der Waals surface area contributed by atoms with Crippen LogP contribution in [-0.4, -0.2) is 23.7 Å². The third-order valence-electron chi connectivity index (χ3n) is 2.81. The first kappa shape index (κ1) is 16.9. The number of benzene rings is 1. The molecule has 1 atom stereocenters. The number of nitrogens with two attached hydrogens (primary N) is 2. The molecule has 21 heavy (non-hydrogen) atoms. The van der Waals surface area contributed by atoms with Crippen LogP contribution < -0.4 is 17.1 Å². The first-order valence-electron chi connectivity index (χ1n) is 6.72. The lowest BCUT2D eigenvalue weighted by molar-refractivity contribution is -0.138. The first-order chi connectivity index (χ1) is 10.0. The van der Waals surface area contributed by atoms with Gasteiger partial charge in [-0.25, -0.2) is 4.79 Å². The lowest BCUT2D eigenvalue weighted by Gasteiger charge is -2.03. The highest BCUT2D eigenvalue weighted by Gasteiger charge is 2.09. The maximum Gasteiger partial charge on any atom is 0.336 e. The predicted octanol–water partition coefficient (Wildman–Crippen LogP) is 1.32. The summed E-state index contributed by atoms with van der Waals surface area (Å²) in [5.74, 6) is -0.933. The lowest BCUT2D eigenvalue weighted by Crippen LogP contribution is -2.29. The molecule has 0 spiro atoms. The van der Waals surface area contributed by atoms with Gasteiger partial charge in [-0.3, -0.25) is 4.79 Å². The minimum absolute atomic E-state index is 0.302. The molecule has 0 radical (unpaired) electrons. The zero-order chi connectivity index (χ0) is 15.7. The molecule has 114 valence electrons. The largest absolute Gasteiger partial charge is 0.480 e. The summed E-state index contributed by atoms with van der Waals surface area (Å²) in [6, 6.07) is 9.87. The molecule has 0 fully saturated rings. The molecule has 0 unspecified atom stereocenters. The second-order valence-electron chi connectivity index (χ2n) is 4.52. The Morgan fingerprint density at radius 2 is 1.90 bits per heavy atom. The normalized spacial score (nSPS) is 11.5. The second-order valence-corrected chi connectivity index (χ2v) is 4.52. The van der Waals surface area contributed by atoms with E-state index in [0.717, 1.165) is 18.2 Å². The van der Waals surface area contributed by atoms with Crippen molar-refractivity contribution in [3.63, 3.8) is 0 Å². The maximum atomic E-state index is 10.7. The van der Waals surface area contributed by atoms with Gasteiger partial charge in [-0.15, -0.1) is 0 Å². The van der Waals surface area contributed by atoms with E-state index in [9.17, 15) is 9.59 Å². The molecule has 0 saturated carbocycles. The fourth-order valence-corrected chi connectivity index (χ4v) is 1.64. The zero-order valence-corrected chi connectivity index (χ0v) is 11.7. The Kier molecular flexibility index (Phi) is 7.14. The predicted molar refractivity (Wildman–Crippen MR) is 81.0 cm³/mol. The smallest absolute Gasteiger partial charge is 0.336 e. The van der Waals surface area contributed by atoms with Gasteiger partial charge in [0.15, 0.2) is 0 Å². The molecule has 1 aromatic carbocycles. The molecule has 2 rings (SSSR count). The zero-order valence-electron chi connectivity index (χ0n) is 11.7. The molecule has 2 aromatic rings. The van der Waals surface area contributed by atoms with Crippen molar-refractivity contribution < 1.29 is 14.3 Å². The minimum atomic E-state index is -0.933. The molecular weight excluding hydrogens is 272 g/mol. The van der Waals surface area contributed by atoms with Crippen molar-refractivity contribution in [2.75, 3.05) is 6.54 Å². The Morgan fingerprint density at radius 1 is 1.19 bits per heavy atom. The fraction of sp³-hybridized carbons (Fsp3) is 0.333. The van der Waals surface area contributed by atoms with Crippen LogP contribution in [0.1, 0.15) is 19.3 Å². The Balaban J connectivity index is 0.000000212. The van der Waals surface area contributed by atoms with E-state index in [0.29, 0.717) is 18.5 Å². The number of fused-ring (bicyclic) bond motifs is 1. The van der Waals surface area contributed by atoms with Gasteiger partial charge in [-0.2, -0.15) is 0 Å². The number of rotatable bonds is 5. The van der Waals surface area contributed by atoms with Crippen LogP contribution in [0.3, 0.4) is 0 Å². The van der Waals surface area contributed by atoms with Crippen molar-refractivity contribution >= 4 is 16.9 Å². The maximum absolute atomic E-state index is 10.7. The molecular formula is C15H20N2O4. The van der Waals surface area contributed by atoms with Crippen molar-refractivity contribution in [1.29, 1.82) is 0 Å². The number of carbonyl (C=O) groups is 1. The third kappa shape index (κ3) is 6.20. The molecule has 6 heteroatoms. The number of hydrogen-bond donors (Lipinski definition) is 3. The molecule has 0 aliphatic carbocycles. The van der Waals surface area contributed by atoms with Gasteiger partial charge in [-0.05, 0) is 31.5 Å². The Labute approximate surface area is 122 Å². The highest BCUT2D eigenvalue weighted by atomic mass is 16.4. The van der Waals surface area contributed by atoms with Crippen LogP contribution in [0, 0.1) is 0 Å². The number of aliphatic carboxylic acids is 1. The van der Waals surface area contributed by atoms with Crippen LogP contribution >= 0.6 is 0 Å². The highest BCUT2D eigenvalue weighted by molar-refractivity contribution is 5.75. The van der Waals surface area contributed by atoms with Crippen LogP contribution in [0.2, 0.25) is 0 Å². The van der Waals surface area contributed by atoms with Crippen molar-refractivity contribution in [1.82, 2.24) is 0 Å². The summed E-state index contributed by atoms with van der Waals surface area (Å²) in [6.45, 7) is 0.604. The van der Waals surface area contributed by atoms with E-state index in [4.69, 9.17) is 21.0 Å². The van der Waals surface area contributed by atoms with Gasteiger partial charge in [0.1, 0.15) is 11.6 Å². The number of carboxylic acid groups (broad SMARTS) is 1. The van der Waals surface area contributed by atoms with Gasteiger partial charge < -0.3 is 21.0 Å². The summed E-state index contributed by atoms with van der Waals surface area (Å²) in [5.41, 5.74) is 10.8. The van der Waals surface area contributed by atoms with E-state index >= 15 is 0 Å². The van der Waals surface area contributed by atoms with Crippen molar-refractivity contribution in [2.45, 2.75) is 25.3 Å². The van der Waals surface area contributed by atoms with Gasteiger partial charge in [-0.1, -0.05) is 24.6 Å². The molecule has 0 saturated heterocycles. The molecule has 5 N–H and O–H groups in total. The number of hydrogen-bond acceptors (Lipinski definition) is 5. The standard InChI is InChI=1S/C9H6O2.C6H14N2O2/c10-9-6-5-7-3-1-2-4-8(7)11-9;7-4-2-1-3-5(8)6(9)10/h1-6H;5H,1-4,7-8H2,(H,9,10)/t;5-/m.0/s1. The first-order valence-corrected chi connectivity index (χ1v) is 6.72. The van der Waals surface area contributed by atoms with Crippen molar-refractivity contribution in [3.8, 4) is 0 Å². The van der Waals surface area contributed by atoms with Crippen LogP contribution in [-0.2, 0) is 4.79 Å². The molecule has 6 nitrogen and oxygen atoms in total. The summed E-state index contributed by atoms with van der Waals surface area (Å²) >= 11 is 0. The van der Waals surface area contributed by atoms with Crippen LogP contribution in [0.4, 0.5) is 0 Å². The Bertz CT molecular complexity index is 624. The fourth-order valence-electron chi connectivity index (χ4n) is 1.64. The number of para-hydroxylation sites is 1. The van der Waals surface area contributed by atoms with Gasteiger partial charge in [0.25, 0.3) is 0 Å². The highest BCUT2D eigenvalue weighted by Crippen LogP contribution is 2.08. The van der Waals surface area contributed by atoms with E-state index in [2.05, 4.69) is 0 Å². The quantitative estimate of drug-likeness (QED) is 0.564. The Morgan fingerprint density at radius 3 is 2.57 bits per heavy atom. The van der Waals surface area contributed by atoms with E-state index in [-0.39, 0.29) is 5.63 Å². The molecule has 1 aromatic heterocycles. The summed E-state index contributed by atoms with van der Waals surface area (Å²) in [7, 11) is 0. The second kappa shape index (κ2) is 8.89. The van der Waals surface area contributed by atoms with E-state index in [1.807, 2.05) is 18.2 Å². The van der Waals surface area contributed by atoms with Crippen LogP contribution in [0.5, 0.6) is 0 Å². The topological polar surface area (TPSA) is 120 Å². The summed E-state index contributed by atoms with van der Waals surface area (Å²) < 4.78 is 4.91. The Hall–Kier alpha value is -2.18. The number of unbranched alkanes of at least 4 members (excludes halogenated alkanes) is 1.